The van der Waals surface area contributed by atoms with Gasteiger partial charge in [-0.05, 0) is 46.1 Å². The molecule has 0 radical (unpaired) electrons. The minimum Gasteiger partial charge on any atom is -0.271 e. The molecule has 0 saturated heterocycles. The maximum atomic E-state index is 13.0. The molecule has 0 spiro atoms. The summed E-state index contributed by atoms with van der Waals surface area (Å²) in [7, 11) is 0. The van der Waals surface area contributed by atoms with Gasteiger partial charge >= 0.3 is 0 Å². The maximum absolute atomic E-state index is 13.0. The number of nitrogens with one attached hydrogen (secondary N) is 1. The van der Waals surface area contributed by atoms with Crippen LogP contribution in [0.25, 0.3) is 0 Å². The molecule has 0 bridgehead atoms. The molecule has 6 heteroatoms. The summed E-state index contributed by atoms with van der Waals surface area (Å²) in [5.41, 5.74) is 3.81. The Labute approximate surface area is 126 Å². The van der Waals surface area contributed by atoms with Crippen molar-refractivity contribution >= 4 is 43.2 Å². The first-order valence-corrected chi connectivity index (χ1v) is 7.70. The Hall–Kier alpha value is -0.270. The van der Waals surface area contributed by atoms with Crippen LogP contribution in [0.4, 0.5) is 4.39 Å². The third kappa shape index (κ3) is 3.39. The first-order chi connectivity index (χ1) is 8.60. The number of rotatable bonds is 4. The SMILES string of the molecule is NNC(Cc1ccc(F)cc1Br)c1cc(Br)cs1. The van der Waals surface area contributed by atoms with Crippen LogP contribution in [-0.2, 0) is 6.42 Å². The van der Waals surface area contributed by atoms with Crippen LogP contribution in [0.1, 0.15) is 16.5 Å². The third-order valence-electron chi connectivity index (χ3n) is 2.57. The predicted molar refractivity (Wildman–Crippen MR) is 79.9 cm³/mol. The van der Waals surface area contributed by atoms with Gasteiger partial charge in [-0.15, -0.1) is 11.3 Å². The van der Waals surface area contributed by atoms with Crippen LogP contribution in [0, 0.1) is 5.82 Å². The first-order valence-electron chi connectivity index (χ1n) is 5.24. The van der Waals surface area contributed by atoms with E-state index in [0.29, 0.717) is 6.42 Å². The molecule has 1 unspecified atom stereocenters. The number of benzene rings is 1. The number of hydrogen-bond acceptors (Lipinski definition) is 3. The summed E-state index contributed by atoms with van der Waals surface area (Å²) in [4.78, 5) is 1.14. The van der Waals surface area contributed by atoms with Crippen molar-refractivity contribution in [1.82, 2.24) is 5.43 Å². The van der Waals surface area contributed by atoms with E-state index in [1.165, 1.54) is 12.1 Å². The summed E-state index contributed by atoms with van der Waals surface area (Å²) in [5.74, 6) is 5.35. The normalized spacial score (nSPS) is 12.7. The highest BCUT2D eigenvalue weighted by atomic mass is 79.9. The molecule has 18 heavy (non-hydrogen) atoms. The Morgan fingerprint density at radius 2 is 2.11 bits per heavy atom. The molecule has 0 amide bonds. The molecule has 1 aromatic carbocycles. The van der Waals surface area contributed by atoms with Crippen molar-refractivity contribution in [2.24, 2.45) is 5.84 Å². The fraction of sp³-hybridized carbons (Fsp3) is 0.167. The van der Waals surface area contributed by atoms with Crippen LogP contribution in [0.5, 0.6) is 0 Å². The Morgan fingerprint density at radius 1 is 1.33 bits per heavy atom. The summed E-state index contributed by atoms with van der Waals surface area (Å²) < 4.78 is 14.8. The van der Waals surface area contributed by atoms with Crippen LogP contribution < -0.4 is 11.3 Å². The van der Waals surface area contributed by atoms with E-state index in [4.69, 9.17) is 5.84 Å². The average molecular weight is 394 g/mol. The molecule has 2 rings (SSSR count). The average Bonchev–Trinajstić information content (AvgIpc) is 2.75. The van der Waals surface area contributed by atoms with Crippen molar-refractivity contribution in [3.63, 3.8) is 0 Å². The van der Waals surface area contributed by atoms with Crippen molar-refractivity contribution in [3.8, 4) is 0 Å². The molecule has 96 valence electrons. The lowest BCUT2D eigenvalue weighted by atomic mass is 10.1. The van der Waals surface area contributed by atoms with E-state index >= 15 is 0 Å². The Balaban J connectivity index is 2.20. The van der Waals surface area contributed by atoms with Crippen molar-refractivity contribution in [3.05, 3.63) is 54.8 Å². The summed E-state index contributed by atoms with van der Waals surface area (Å²) in [6, 6.07) is 6.74. The van der Waals surface area contributed by atoms with Crippen molar-refractivity contribution in [2.45, 2.75) is 12.5 Å². The smallest absolute Gasteiger partial charge is 0.124 e. The van der Waals surface area contributed by atoms with Crippen LogP contribution in [-0.4, -0.2) is 0 Å². The van der Waals surface area contributed by atoms with Crippen LogP contribution in [0.15, 0.2) is 38.6 Å². The van der Waals surface area contributed by atoms with Crippen LogP contribution >= 0.6 is 43.2 Å². The van der Waals surface area contributed by atoms with Gasteiger partial charge in [0.1, 0.15) is 5.82 Å². The highest BCUT2D eigenvalue weighted by molar-refractivity contribution is 9.10. The molecule has 1 heterocycles. The summed E-state index contributed by atoms with van der Waals surface area (Å²) in [6.07, 6.45) is 0.699. The second-order valence-corrected chi connectivity index (χ2v) is 6.54. The minimum atomic E-state index is -0.248. The lowest BCUT2D eigenvalue weighted by Gasteiger charge is -2.15. The third-order valence-corrected chi connectivity index (χ3v) is 5.12. The van der Waals surface area contributed by atoms with E-state index in [9.17, 15) is 4.39 Å². The highest BCUT2D eigenvalue weighted by Gasteiger charge is 2.14. The van der Waals surface area contributed by atoms with Gasteiger partial charge in [0.2, 0.25) is 0 Å². The van der Waals surface area contributed by atoms with Crippen molar-refractivity contribution < 1.29 is 4.39 Å². The second-order valence-electron chi connectivity index (χ2n) is 3.83. The number of hydrazine groups is 1. The van der Waals surface area contributed by atoms with Gasteiger partial charge in [0.25, 0.3) is 0 Å². The molecular formula is C12H11Br2FN2S. The van der Waals surface area contributed by atoms with Gasteiger partial charge in [-0.3, -0.25) is 11.3 Å². The quantitative estimate of drug-likeness (QED) is 0.604. The molecule has 2 nitrogen and oxygen atoms in total. The van der Waals surface area contributed by atoms with E-state index < -0.39 is 0 Å². The topological polar surface area (TPSA) is 38.0 Å². The standard InChI is InChI=1S/C12H11Br2FN2S/c13-8-4-12(18-6-8)11(17-16)3-7-1-2-9(15)5-10(7)14/h1-2,4-6,11,17H,3,16H2. The van der Waals surface area contributed by atoms with Gasteiger partial charge in [-0.25, -0.2) is 4.39 Å². The Kier molecular flexibility index (Phi) is 4.91. The number of nitrogens with two attached hydrogens (primary N) is 1. The first kappa shape index (κ1) is 14.1. The number of halogens is 3. The van der Waals surface area contributed by atoms with Gasteiger partial charge in [0.15, 0.2) is 0 Å². The Bertz CT molecular complexity index is 545. The lowest BCUT2D eigenvalue weighted by molar-refractivity contribution is 0.558. The molecule has 0 saturated carbocycles. The van der Waals surface area contributed by atoms with Gasteiger partial charge < -0.3 is 0 Å². The molecule has 0 fully saturated rings. The van der Waals surface area contributed by atoms with E-state index in [0.717, 1.165) is 19.4 Å². The van der Waals surface area contributed by atoms with E-state index in [2.05, 4.69) is 37.3 Å². The maximum Gasteiger partial charge on any atom is 0.124 e. The summed E-state index contributed by atoms with van der Waals surface area (Å²) in [6.45, 7) is 0. The monoisotopic (exact) mass is 392 g/mol. The van der Waals surface area contributed by atoms with E-state index in [1.807, 2.05) is 11.4 Å². The molecule has 0 aliphatic heterocycles. The second kappa shape index (κ2) is 6.25. The fourth-order valence-electron chi connectivity index (χ4n) is 1.66. The molecule has 0 aliphatic carbocycles. The van der Waals surface area contributed by atoms with Crippen LogP contribution in [0.2, 0.25) is 0 Å². The molecular weight excluding hydrogens is 383 g/mol. The summed E-state index contributed by atoms with van der Waals surface area (Å²) >= 11 is 8.42. The van der Waals surface area contributed by atoms with Gasteiger partial charge in [-0.2, -0.15) is 0 Å². The number of thiophene rings is 1. The highest BCUT2D eigenvalue weighted by Crippen LogP contribution is 2.29. The van der Waals surface area contributed by atoms with E-state index in [1.54, 1.807) is 17.4 Å². The zero-order valence-corrected chi connectivity index (χ0v) is 13.3. The fourth-order valence-corrected chi connectivity index (χ4v) is 3.68. The molecule has 1 atom stereocenters. The zero-order valence-electron chi connectivity index (χ0n) is 9.29. The van der Waals surface area contributed by atoms with Gasteiger partial charge in [-0.1, -0.05) is 22.0 Å². The molecule has 0 aliphatic rings. The molecule has 2 aromatic rings. The lowest BCUT2D eigenvalue weighted by Crippen LogP contribution is -2.29. The summed E-state index contributed by atoms with van der Waals surface area (Å²) in [5, 5.41) is 2.01. The predicted octanol–water partition coefficient (Wildman–Crippen LogP) is 4.16. The van der Waals surface area contributed by atoms with Crippen molar-refractivity contribution in [1.29, 1.82) is 0 Å². The molecule has 1 aromatic heterocycles. The number of hydrogen-bond donors (Lipinski definition) is 2. The van der Waals surface area contributed by atoms with Gasteiger partial charge in [0.05, 0.1) is 6.04 Å². The van der Waals surface area contributed by atoms with E-state index in [-0.39, 0.29) is 11.9 Å². The Morgan fingerprint density at radius 3 is 2.67 bits per heavy atom. The van der Waals surface area contributed by atoms with Crippen LogP contribution in [0.3, 0.4) is 0 Å². The molecule has 3 N–H and O–H groups in total. The zero-order chi connectivity index (χ0) is 13.1. The van der Waals surface area contributed by atoms with Gasteiger partial charge in [0, 0.05) is 19.2 Å². The van der Waals surface area contributed by atoms with Crippen molar-refractivity contribution in [2.75, 3.05) is 0 Å². The minimum absolute atomic E-state index is 0.0167. The largest absolute Gasteiger partial charge is 0.271 e.